The van der Waals surface area contributed by atoms with E-state index in [1.165, 1.54) is 6.07 Å². The van der Waals surface area contributed by atoms with E-state index in [4.69, 9.17) is 0 Å². The number of nitrogens with one attached hydrogen (secondary N) is 2. The van der Waals surface area contributed by atoms with E-state index in [1.54, 1.807) is 19.2 Å². The van der Waals surface area contributed by atoms with Gasteiger partial charge in [0.1, 0.15) is 5.69 Å². The van der Waals surface area contributed by atoms with E-state index in [2.05, 4.69) is 17.6 Å². The molecule has 2 rings (SSSR count). The maximum Gasteiger partial charge on any atom is 0.293 e. The highest BCUT2D eigenvalue weighted by atomic mass is 16.6. The van der Waals surface area contributed by atoms with Gasteiger partial charge in [-0.15, -0.1) is 0 Å². The first-order chi connectivity index (χ1) is 9.51. The van der Waals surface area contributed by atoms with Gasteiger partial charge >= 0.3 is 0 Å². The lowest BCUT2D eigenvalue weighted by Gasteiger charge is -2.13. The summed E-state index contributed by atoms with van der Waals surface area (Å²) in [6, 6.07) is 4.46. The third-order valence-electron chi connectivity index (χ3n) is 4.06. The van der Waals surface area contributed by atoms with Crippen LogP contribution in [0.5, 0.6) is 0 Å². The lowest BCUT2D eigenvalue weighted by molar-refractivity contribution is -0.384. The topological polar surface area (TPSA) is 84.3 Å². The van der Waals surface area contributed by atoms with Crippen molar-refractivity contribution in [3.63, 3.8) is 0 Å². The average Bonchev–Trinajstić information content (AvgIpc) is 3.24. The maximum absolute atomic E-state index is 12.1. The summed E-state index contributed by atoms with van der Waals surface area (Å²) in [4.78, 5) is 22.5. The second-order valence-electron chi connectivity index (χ2n) is 5.28. The third kappa shape index (κ3) is 2.89. The van der Waals surface area contributed by atoms with E-state index >= 15 is 0 Å². The summed E-state index contributed by atoms with van der Waals surface area (Å²) in [5.74, 6) is -0.254. The number of carbonyl (C=O) groups excluding carboxylic acids is 1. The first-order valence-corrected chi connectivity index (χ1v) is 6.76. The van der Waals surface area contributed by atoms with Gasteiger partial charge in [-0.1, -0.05) is 6.92 Å². The van der Waals surface area contributed by atoms with Gasteiger partial charge in [-0.05, 0) is 36.8 Å². The smallest absolute Gasteiger partial charge is 0.293 e. The number of rotatable bonds is 6. The number of nitro groups is 1. The Bertz CT molecular complexity index is 538. The minimum Gasteiger partial charge on any atom is -0.383 e. The van der Waals surface area contributed by atoms with Crippen molar-refractivity contribution < 1.29 is 9.72 Å². The largest absolute Gasteiger partial charge is 0.383 e. The molecule has 108 valence electrons. The van der Waals surface area contributed by atoms with Crippen molar-refractivity contribution >= 4 is 17.3 Å². The summed E-state index contributed by atoms with van der Waals surface area (Å²) in [6.45, 7) is 2.76. The van der Waals surface area contributed by atoms with E-state index in [1.807, 2.05) is 0 Å². The lowest BCUT2D eigenvalue weighted by atomic mass is 10.0. The summed E-state index contributed by atoms with van der Waals surface area (Å²) in [5.41, 5.74) is 0.894. The van der Waals surface area contributed by atoms with Crippen molar-refractivity contribution in [1.29, 1.82) is 0 Å². The number of amides is 1. The Hall–Kier alpha value is -2.11. The predicted octanol–water partition coefficient (Wildman–Crippen LogP) is 2.56. The van der Waals surface area contributed by atoms with Gasteiger partial charge in [0.2, 0.25) is 0 Å². The fourth-order valence-electron chi connectivity index (χ4n) is 2.24. The van der Waals surface area contributed by atoms with E-state index in [0.717, 1.165) is 19.3 Å². The number of nitro benzene ring substituents is 1. The molecule has 1 aromatic rings. The number of nitrogens with zero attached hydrogens (tertiary/aromatic N) is 1. The third-order valence-corrected chi connectivity index (χ3v) is 4.06. The van der Waals surface area contributed by atoms with Gasteiger partial charge in [-0.3, -0.25) is 14.9 Å². The minimum absolute atomic E-state index is 0.0863. The summed E-state index contributed by atoms with van der Waals surface area (Å²) in [6.07, 6.45) is 3.33. The summed E-state index contributed by atoms with van der Waals surface area (Å²) < 4.78 is 0. The van der Waals surface area contributed by atoms with Gasteiger partial charge in [0.05, 0.1) is 4.92 Å². The first kappa shape index (κ1) is 14.3. The van der Waals surface area contributed by atoms with Gasteiger partial charge in [-0.25, -0.2) is 0 Å². The van der Waals surface area contributed by atoms with E-state index in [-0.39, 0.29) is 17.0 Å². The number of carbonyl (C=O) groups is 1. The molecule has 0 saturated heterocycles. The molecule has 1 aliphatic rings. The van der Waals surface area contributed by atoms with Crippen molar-refractivity contribution in [1.82, 2.24) is 5.32 Å². The summed E-state index contributed by atoms with van der Waals surface area (Å²) in [5, 5.41) is 16.6. The molecule has 1 fully saturated rings. The van der Waals surface area contributed by atoms with Crippen LogP contribution in [0.2, 0.25) is 0 Å². The molecule has 0 radical (unpaired) electrons. The molecule has 6 heteroatoms. The van der Waals surface area contributed by atoms with E-state index in [0.29, 0.717) is 17.8 Å². The zero-order valence-corrected chi connectivity index (χ0v) is 11.7. The van der Waals surface area contributed by atoms with Crippen LogP contribution in [0.1, 0.15) is 36.5 Å². The maximum atomic E-state index is 12.1. The van der Waals surface area contributed by atoms with Crippen LogP contribution >= 0.6 is 0 Å². The number of anilines is 1. The van der Waals surface area contributed by atoms with Crippen LogP contribution in [-0.2, 0) is 0 Å². The Morgan fingerprint density at radius 1 is 1.45 bits per heavy atom. The molecule has 6 nitrogen and oxygen atoms in total. The van der Waals surface area contributed by atoms with Crippen molar-refractivity contribution in [3.8, 4) is 0 Å². The predicted molar refractivity (Wildman–Crippen MR) is 76.9 cm³/mol. The fraction of sp³-hybridized carbons (Fsp3) is 0.500. The van der Waals surface area contributed by atoms with Gasteiger partial charge < -0.3 is 10.6 Å². The van der Waals surface area contributed by atoms with Gasteiger partial charge in [0.15, 0.2) is 0 Å². The Balaban J connectivity index is 2.10. The van der Waals surface area contributed by atoms with Crippen LogP contribution in [-0.4, -0.2) is 24.4 Å². The second kappa shape index (κ2) is 5.48. The molecule has 1 aliphatic carbocycles. The summed E-state index contributed by atoms with van der Waals surface area (Å²) >= 11 is 0. The molecule has 20 heavy (non-hydrogen) atoms. The zero-order chi connectivity index (χ0) is 14.8. The number of hydrogen-bond donors (Lipinski definition) is 2. The van der Waals surface area contributed by atoms with Crippen LogP contribution in [0.4, 0.5) is 11.4 Å². The standard InChI is InChI=1S/C14H19N3O3/c1-3-14(6-7-14)9-16-13(18)10-4-5-11(15-2)12(8-10)17(19)20/h4-5,8,15H,3,6-7,9H2,1-2H3,(H,16,18). The SMILES string of the molecule is CCC1(CNC(=O)c2ccc(NC)c([N+](=O)[O-])c2)CC1. The second-order valence-corrected chi connectivity index (χ2v) is 5.28. The minimum atomic E-state index is -0.489. The normalized spacial score (nSPS) is 15.5. The molecule has 0 spiro atoms. The Labute approximate surface area is 117 Å². The van der Waals surface area contributed by atoms with Crippen LogP contribution in [0, 0.1) is 15.5 Å². The first-order valence-electron chi connectivity index (χ1n) is 6.76. The molecule has 2 N–H and O–H groups in total. The van der Waals surface area contributed by atoms with Crippen LogP contribution in [0.25, 0.3) is 0 Å². The van der Waals surface area contributed by atoms with E-state index in [9.17, 15) is 14.9 Å². The highest BCUT2D eigenvalue weighted by molar-refractivity contribution is 5.95. The molecule has 1 aromatic carbocycles. The number of hydrogen-bond acceptors (Lipinski definition) is 4. The molecule has 0 heterocycles. The summed E-state index contributed by atoms with van der Waals surface area (Å²) in [7, 11) is 1.61. The van der Waals surface area contributed by atoms with Crippen molar-refractivity contribution in [2.75, 3.05) is 18.9 Å². The molecule has 0 aromatic heterocycles. The number of benzene rings is 1. The lowest BCUT2D eigenvalue weighted by Crippen LogP contribution is -2.30. The molecule has 0 bridgehead atoms. The van der Waals surface area contributed by atoms with Crippen molar-refractivity contribution in [2.45, 2.75) is 26.2 Å². The fourth-order valence-corrected chi connectivity index (χ4v) is 2.24. The molecular formula is C14H19N3O3. The highest BCUT2D eigenvalue weighted by Gasteiger charge is 2.40. The monoisotopic (exact) mass is 277 g/mol. The molecule has 1 saturated carbocycles. The van der Waals surface area contributed by atoms with E-state index < -0.39 is 4.92 Å². The van der Waals surface area contributed by atoms with Gasteiger partial charge in [0.25, 0.3) is 11.6 Å². The Kier molecular flexibility index (Phi) is 3.92. The van der Waals surface area contributed by atoms with Crippen molar-refractivity contribution in [2.24, 2.45) is 5.41 Å². The molecule has 0 unspecified atom stereocenters. The molecule has 0 atom stereocenters. The molecular weight excluding hydrogens is 258 g/mol. The van der Waals surface area contributed by atoms with Crippen LogP contribution < -0.4 is 10.6 Å². The Morgan fingerprint density at radius 3 is 2.65 bits per heavy atom. The van der Waals surface area contributed by atoms with Gasteiger partial charge in [-0.2, -0.15) is 0 Å². The van der Waals surface area contributed by atoms with Crippen molar-refractivity contribution in [3.05, 3.63) is 33.9 Å². The molecule has 0 aliphatic heterocycles. The zero-order valence-electron chi connectivity index (χ0n) is 11.7. The average molecular weight is 277 g/mol. The van der Waals surface area contributed by atoms with Crippen LogP contribution in [0.3, 0.4) is 0 Å². The highest BCUT2D eigenvalue weighted by Crippen LogP contribution is 2.47. The Morgan fingerprint density at radius 2 is 2.15 bits per heavy atom. The molecule has 1 amide bonds. The quantitative estimate of drug-likeness (QED) is 0.618. The van der Waals surface area contributed by atoms with Crippen LogP contribution in [0.15, 0.2) is 18.2 Å². The van der Waals surface area contributed by atoms with Gasteiger partial charge in [0, 0.05) is 25.2 Å².